The van der Waals surface area contributed by atoms with Gasteiger partial charge >= 0.3 is 5.97 Å². The number of aromatic nitrogens is 2. The van der Waals surface area contributed by atoms with Crippen LogP contribution in [0.1, 0.15) is 10.4 Å². The molecule has 0 saturated heterocycles. The van der Waals surface area contributed by atoms with Crippen LogP contribution in [0.2, 0.25) is 0 Å². The largest absolute Gasteiger partial charge is 0.478 e. The monoisotopic (exact) mass is 252 g/mol. The Balaban J connectivity index is 2.34. The highest BCUT2D eigenvalue weighted by Gasteiger charge is 2.13. The molecular formula is C15H12N2O2. The van der Waals surface area contributed by atoms with Crippen LogP contribution in [-0.2, 0) is 7.05 Å². The van der Waals surface area contributed by atoms with Crippen molar-refractivity contribution in [3.05, 3.63) is 54.2 Å². The first-order valence-electron chi connectivity index (χ1n) is 5.91. The molecule has 19 heavy (non-hydrogen) atoms. The molecule has 0 aliphatic carbocycles. The molecule has 1 N–H and O–H groups in total. The van der Waals surface area contributed by atoms with Crippen LogP contribution in [0.4, 0.5) is 0 Å². The maximum Gasteiger partial charge on any atom is 0.336 e. The molecule has 0 amide bonds. The normalized spacial score (nSPS) is 10.8. The van der Waals surface area contributed by atoms with Gasteiger partial charge in [-0.1, -0.05) is 18.2 Å². The number of carbonyl (C=O) groups is 1. The summed E-state index contributed by atoms with van der Waals surface area (Å²) in [5.74, 6) is -0.936. The molecule has 1 aromatic carbocycles. The minimum Gasteiger partial charge on any atom is -0.478 e. The van der Waals surface area contributed by atoms with Crippen molar-refractivity contribution in [2.75, 3.05) is 0 Å². The van der Waals surface area contributed by atoms with Crippen LogP contribution in [-0.4, -0.2) is 20.6 Å². The molecule has 2 aromatic heterocycles. The van der Waals surface area contributed by atoms with Gasteiger partial charge in [0, 0.05) is 18.6 Å². The fourth-order valence-electron chi connectivity index (χ4n) is 2.21. The van der Waals surface area contributed by atoms with Gasteiger partial charge in [-0.25, -0.2) is 9.78 Å². The quantitative estimate of drug-likeness (QED) is 0.763. The van der Waals surface area contributed by atoms with Crippen LogP contribution < -0.4 is 0 Å². The number of hydrogen-bond donors (Lipinski definition) is 1. The van der Waals surface area contributed by atoms with Crippen molar-refractivity contribution in [1.29, 1.82) is 0 Å². The summed E-state index contributed by atoms with van der Waals surface area (Å²) in [6.45, 7) is 0. The highest BCUT2D eigenvalue weighted by Crippen LogP contribution is 2.24. The Morgan fingerprint density at radius 1 is 1.21 bits per heavy atom. The maximum atomic E-state index is 11.4. The van der Waals surface area contributed by atoms with Crippen LogP contribution in [0.15, 0.2) is 48.7 Å². The van der Waals surface area contributed by atoms with E-state index in [9.17, 15) is 9.90 Å². The van der Waals surface area contributed by atoms with Crippen molar-refractivity contribution in [3.8, 4) is 11.4 Å². The van der Waals surface area contributed by atoms with Crippen molar-refractivity contribution < 1.29 is 9.90 Å². The van der Waals surface area contributed by atoms with E-state index in [0.29, 0.717) is 16.6 Å². The summed E-state index contributed by atoms with van der Waals surface area (Å²) >= 11 is 0. The summed E-state index contributed by atoms with van der Waals surface area (Å²) in [6, 6.07) is 12.7. The first-order chi connectivity index (χ1) is 9.16. The van der Waals surface area contributed by atoms with Crippen molar-refractivity contribution in [2.24, 2.45) is 7.05 Å². The van der Waals surface area contributed by atoms with Crippen LogP contribution in [0.3, 0.4) is 0 Å². The zero-order valence-corrected chi connectivity index (χ0v) is 10.4. The molecule has 0 aliphatic heterocycles. The van der Waals surface area contributed by atoms with E-state index in [4.69, 9.17) is 0 Å². The lowest BCUT2D eigenvalue weighted by atomic mass is 10.1. The minimum absolute atomic E-state index is 0.279. The molecule has 0 unspecified atom stereocenters. The molecule has 4 heteroatoms. The molecule has 2 heterocycles. The second kappa shape index (κ2) is 4.24. The van der Waals surface area contributed by atoms with Crippen molar-refractivity contribution in [1.82, 2.24) is 9.55 Å². The van der Waals surface area contributed by atoms with Crippen molar-refractivity contribution in [3.63, 3.8) is 0 Å². The second-order valence-corrected chi connectivity index (χ2v) is 4.38. The van der Waals surface area contributed by atoms with Gasteiger partial charge in [-0.3, -0.25) is 0 Å². The third-order valence-corrected chi connectivity index (χ3v) is 3.15. The van der Waals surface area contributed by atoms with E-state index in [1.807, 2.05) is 48.1 Å². The van der Waals surface area contributed by atoms with Gasteiger partial charge in [0.25, 0.3) is 0 Å². The van der Waals surface area contributed by atoms with Gasteiger partial charge in [0.05, 0.1) is 22.5 Å². The van der Waals surface area contributed by atoms with Crippen LogP contribution >= 0.6 is 0 Å². The summed E-state index contributed by atoms with van der Waals surface area (Å²) in [7, 11) is 1.91. The highest BCUT2D eigenvalue weighted by atomic mass is 16.4. The average molecular weight is 252 g/mol. The third kappa shape index (κ3) is 1.87. The zero-order chi connectivity index (χ0) is 13.4. The topological polar surface area (TPSA) is 55.1 Å². The second-order valence-electron chi connectivity index (χ2n) is 4.38. The number of carboxylic acid groups (broad SMARTS) is 1. The lowest BCUT2D eigenvalue weighted by molar-refractivity contribution is 0.0699. The van der Waals surface area contributed by atoms with E-state index < -0.39 is 5.97 Å². The lowest BCUT2D eigenvalue weighted by Crippen LogP contribution is -2.01. The van der Waals surface area contributed by atoms with E-state index in [0.717, 1.165) is 5.69 Å². The van der Waals surface area contributed by atoms with Gasteiger partial charge in [0.15, 0.2) is 0 Å². The number of aromatic carboxylic acids is 1. The average Bonchev–Trinajstić information content (AvgIpc) is 2.83. The van der Waals surface area contributed by atoms with Gasteiger partial charge in [0.1, 0.15) is 0 Å². The van der Waals surface area contributed by atoms with Gasteiger partial charge in [-0.05, 0) is 24.3 Å². The fourth-order valence-corrected chi connectivity index (χ4v) is 2.21. The predicted molar refractivity (Wildman–Crippen MR) is 73.1 cm³/mol. The Morgan fingerprint density at radius 2 is 2.00 bits per heavy atom. The molecule has 0 spiro atoms. The molecule has 0 bridgehead atoms. The number of carboxylic acids is 1. The fraction of sp³-hybridized carbons (Fsp3) is 0.0667. The first kappa shape index (κ1) is 11.5. The van der Waals surface area contributed by atoms with E-state index >= 15 is 0 Å². The van der Waals surface area contributed by atoms with Gasteiger partial charge in [0.2, 0.25) is 0 Å². The predicted octanol–water partition coefficient (Wildman–Crippen LogP) is 2.94. The van der Waals surface area contributed by atoms with Crippen LogP contribution in [0.25, 0.3) is 22.3 Å². The smallest absolute Gasteiger partial charge is 0.336 e. The minimum atomic E-state index is -0.936. The summed E-state index contributed by atoms with van der Waals surface area (Å²) in [4.78, 5) is 15.9. The van der Waals surface area contributed by atoms with Crippen molar-refractivity contribution in [2.45, 2.75) is 0 Å². The Morgan fingerprint density at radius 3 is 2.68 bits per heavy atom. The Bertz CT molecular complexity index is 775. The molecule has 0 aliphatic rings. The molecular weight excluding hydrogens is 240 g/mol. The highest BCUT2D eigenvalue weighted by molar-refractivity contribution is 6.03. The number of hydrogen-bond acceptors (Lipinski definition) is 2. The summed E-state index contributed by atoms with van der Waals surface area (Å²) in [6.07, 6.45) is 1.91. The summed E-state index contributed by atoms with van der Waals surface area (Å²) < 4.78 is 1.92. The Labute approximate surface area is 109 Å². The summed E-state index contributed by atoms with van der Waals surface area (Å²) in [5, 5.41) is 10.00. The third-order valence-electron chi connectivity index (χ3n) is 3.15. The zero-order valence-electron chi connectivity index (χ0n) is 10.4. The van der Waals surface area contributed by atoms with Crippen LogP contribution in [0.5, 0.6) is 0 Å². The number of rotatable bonds is 2. The Hall–Kier alpha value is -2.62. The van der Waals surface area contributed by atoms with Gasteiger partial charge in [-0.15, -0.1) is 0 Å². The van der Waals surface area contributed by atoms with E-state index in [-0.39, 0.29) is 5.56 Å². The molecule has 0 radical (unpaired) electrons. The first-order valence-corrected chi connectivity index (χ1v) is 5.91. The molecule has 3 aromatic rings. The number of pyridine rings is 1. The number of nitrogens with zero attached hydrogens (tertiary/aromatic N) is 2. The number of benzene rings is 1. The SMILES string of the molecule is Cn1cccc1-c1cc(C(=O)O)c2ccccc2n1. The maximum absolute atomic E-state index is 11.4. The van der Waals surface area contributed by atoms with E-state index in [2.05, 4.69) is 4.98 Å². The van der Waals surface area contributed by atoms with Gasteiger partial charge in [-0.2, -0.15) is 0 Å². The molecule has 3 rings (SSSR count). The van der Waals surface area contributed by atoms with E-state index in [1.165, 1.54) is 0 Å². The lowest BCUT2D eigenvalue weighted by Gasteiger charge is -2.07. The van der Waals surface area contributed by atoms with Crippen LogP contribution in [0, 0.1) is 0 Å². The Kier molecular flexibility index (Phi) is 2.56. The molecule has 0 fully saturated rings. The molecule has 0 saturated carbocycles. The van der Waals surface area contributed by atoms with E-state index in [1.54, 1.807) is 12.1 Å². The summed E-state index contributed by atoms with van der Waals surface area (Å²) in [5.41, 5.74) is 2.54. The molecule has 4 nitrogen and oxygen atoms in total. The van der Waals surface area contributed by atoms with Gasteiger partial charge < -0.3 is 9.67 Å². The number of fused-ring (bicyclic) bond motifs is 1. The number of para-hydroxylation sites is 1. The molecule has 0 atom stereocenters. The van der Waals surface area contributed by atoms with Crippen molar-refractivity contribution >= 4 is 16.9 Å². The molecule has 94 valence electrons. The number of aryl methyl sites for hydroxylation is 1. The standard InChI is InChI=1S/C15H12N2O2/c1-17-8-4-7-14(17)13-9-11(15(18)19)10-5-2-3-6-12(10)16-13/h2-9H,1H3,(H,18,19).